The SMILES string of the molecule is CC(=O)N1CC(C#Cc2ccc(OCc3ccccc3)c(N3CC(=O)NS3(=O)=O)c2F)C1. The number of nitrogens with one attached hydrogen (secondary N) is 1. The first-order valence-corrected chi connectivity index (χ1v) is 11.3. The maximum atomic E-state index is 15.5. The van der Waals surface area contributed by atoms with Gasteiger partial charge in [0.25, 0.3) is 5.91 Å². The fraction of sp³-hybridized carbons (Fsp3) is 0.273. The van der Waals surface area contributed by atoms with Crippen molar-refractivity contribution in [2.24, 2.45) is 5.92 Å². The van der Waals surface area contributed by atoms with Gasteiger partial charge in [0.1, 0.15) is 24.6 Å². The maximum absolute atomic E-state index is 15.5. The Hall–Kier alpha value is -3.58. The van der Waals surface area contributed by atoms with Crippen LogP contribution in [0.5, 0.6) is 5.75 Å². The number of rotatable bonds is 4. The molecule has 0 bridgehead atoms. The Bertz CT molecular complexity index is 1230. The van der Waals surface area contributed by atoms with Crippen LogP contribution in [-0.2, 0) is 26.4 Å². The molecule has 2 aromatic rings. The standard InChI is InChI=1S/C22H20FN3O5S/c1-15(27)25-11-17(12-25)7-8-18-9-10-19(31-14-16-5-3-2-4-6-16)22(21(18)23)26-13-20(28)24-32(26,29)30/h2-6,9-10,17H,11-14H2,1H3,(H,24,28). The zero-order valence-corrected chi connectivity index (χ0v) is 18.0. The van der Waals surface area contributed by atoms with Crippen LogP contribution in [0.3, 0.4) is 0 Å². The molecule has 10 heteroatoms. The van der Waals surface area contributed by atoms with Crippen molar-refractivity contribution in [3.8, 4) is 17.6 Å². The minimum Gasteiger partial charge on any atom is -0.487 e. The van der Waals surface area contributed by atoms with Crippen molar-refractivity contribution in [3.63, 3.8) is 0 Å². The van der Waals surface area contributed by atoms with Crippen LogP contribution in [0.4, 0.5) is 10.1 Å². The second-order valence-corrected chi connectivity index (χ2v) is 9.07. The summed E-state index contributed by atoms with van der Waals surface area (Å²) in [5.41, 5.74) is 0.411. The number of amides is 2. The fourth-order valence-electron chi connectivity index (χ4n) is 3.38. The van der Waals surface area contributed by atoms with Gasteiger partial charge in [0.2, 0.25) is 5.91 Å². The van der Waals surface area contributed by atoms with Gasteiger partial charge in [-0.1, -0.05) is 42.2 Å². The van der Waals surface area contributed by atoms with Crippen LogP contribution in [0.15, 0.2) is 42.5 Å². The molecule has 0 aliphatic carbocycles. The first-order valence-electron chi connectivity index (χ1n) is 9.84. The molecule has 32 heavy (non-hydrogen) atoms. The van der Waals surface area contributed by atoms with Crippen LogP contribution < -0.4 is 13.8 Å². The molecule has 0 saturated carbocycles. The van der Waals surface area contributed by atoms with Gasteiger partial charge in [0.15, 0.2) is 5.82 Å². The van der Waals surface area contributed by atoms with E-state index in [1.54, 1.807) is 4.90 Å². The summed E-state index contributed by atoms with van der Waals surface area (Å²) in [4.78, 5) is 24.6. The van der Waals surface area contributed by atoms with E-state index in [9.17, 15) is 18.0 Å². The van der Waals surface area contributed by atoms with Crippen LogP contribution in [-0.4, -0.2) is 44.8 Å². The molecule has 2 heterocycles. The second kappa shape index (κ2) is 8.51. The van der Waals surface area contributed by atoms with E-state index < -0.39 is 28.5 Å². The Morgan fingerprint density at radius 1 is 1.22 bits per heavy atom. The third-order valence-electron chi connectivity index (χ3n) is 5.12. The molecule has 0 spiro atoms. The number of carbonyl (C=O) groups excluding carboxylic acids is 2. The van der Waals surface area contributed by atoms with Gasteiger partial charge < -0.3 is 9.64 Å². The molecule has 2 amide bonds. The van der Waals surface area contributed by atoms with E-state index in [0.29, 0.717) is 17.4 Å². The number of nitrogens with zero attached hydrogens (tertiary/aromatic N) is 2. The first kappa shape index (κ1) is 21.6. The molecule has 166 valence electrons. The number of hydrogen-bond acceptors (Lipinski definition) is 5. The maximum Gasteiger partial charge on any atom is 0.326 e. The Morgan fingerprint density at radius 3 is 2.56 bits per heavy atom. The highest BCUT2D eigenvalue weighted by molar-refractivity contribution is 7.92. The molecule has 2 fully saturated rings. The zero-order chi connectivity index (χ0) is 22.9. The lowest BCUT2D eigenvalue weighted by molar-refractivity contribution is -0.133. The summed E-state index contributed by atoms with van der Waals surface area (Å²) in [5, 5.41) is 0. The average Bonchev–Trinajstić information content (AvgIpc) is 2.98. The molecule has 0 atom stereocenters. The summed E-state index contributed by atoms with van der Waals surface area (Å²) in [6, 6.07) is 12.0. The number of likely N-dealkylation sites (tertiary alicyclic amines) is 1. The van der Waals surface area contributed by atoms with E-state index in [0.717, 1.165) is 5.56 Å². The highest BCUT2D eigenvalue weighted by Crippen LogP contribution is 2.36. The Labute approximate surface area is 185 Å². The molecule has 0 aromatic heterocycles. The monoisotopic (exact) mass is 457 g/mol. The lowest BCUT2D eigenvalue weighted by Gasteiger charge is -2.35. The van der Waals surface area contributed by atoms with Gasteiger partial charge in [-0.2, -0.15) is 8.42 Å². The van der Waals surface area contributed by atoms with Gasteiger partial charge in [-0.3, -0.25) is 9.59 Å². The molecule has 2 saturated heterocycles. The van der Waals surface area contributed by atoms with Crippen molar-refractivity contribution in [1.29, 1.82) is 0 Å². The van der Waals surface area contributed by atoms with Crippen molar-refractivity contribution in [2.45, 2.75) is 13.5 Å². The number of halogens is 1. The number of hydrogen-bond donors (Lipinski definition) is 1. The van der Waals surface area contributed by atoms with Crippen LogP contribution in [0.25, 0.3) is 0 Å². The molecule has 1 N–H and O–H groups in total. The molecule has 2 aromatic carbocycles. The highest BCUT2D eigenvalue weighted by atomic mass is 32.2. The minimum atomic E-state index is -4.25. The summed E-state index contributed by atoms with van der Waals surface area (Å²) < 4.78 is 48.4. The zero-order valence-electron chi connectivity index (χ0n) is 17.2. The van der Waals surface area contributed by atoms with E-state index in [1.807, 2.05) is 35.1 Å². The van der Waals surface area contributed by atoms with Gasteiger partial charge >= 0.3 is 10.2 Å². The Balaban J connectivity index is 1.66. The van der Waals surface area contributed by atoms with Gasteiger partial charge in [-0.15, -0.1) is 0 Å². The molecule has 4 rings (SSSR count). The quantitative estimate of drug-likeness (QED) is 0.701. The lowest BCUT2D eigenvalue weighted by Crippen LogP contribution is -2.48. The number of benzene rings is 2. The number of anilines is 1. The highest BCUT2D eigenvalue weighted by Gasteiger charge is 2.38. The van der Waals surface area contributed by atoms with Crippen LogP contribution in [0.2, 0.25) is 0 Å². The summed E-state index contributed by atoms with van der Waals surface area (Å²) in [7, 11) is -4.25. The van der Waals surface area contributed by atoms with E-state index in [1.165, 1.54) is 19.1 Å². The molecular weight excluding hydrogens is 437 g/mol. The van der Waals surface area contributed by atoms with E-state index in [-0.39, 0.29) is 35.4 Å². The lowest BCUT2D eigenvalue weighted by atomic mass is 10.0. The third-order valence-corrected chi connectivity index (χ3v) is 6.50. The van der Waals surface area contributed by atoms with Gasteiger partial charge in [0, 0.05) is 20.0 Å². The largest absolute Gasteiger partial charge is 0.487 e. The fourth-order valence-corrected chi connectivity index (χ4v) is 4.54. The first-order chi connectivity index (χ1) is 15.2. The van der Waals surface area contributed by atoms with Crippen LogP contribution in [0.1, 0.15) is 18.1 Å². The molecule has 0 unspecified atom stereocenters. The van der Waals surface area contributed by atoms with Crippen molar-refractivity contribution in [1.82, 2.24) is 9.62 Å². The average molecular weight is 457 g/mol. The predicted octanol–water partition coefficient (Wildman–Crippen LogP) is 1.42. The van der Waals surface area contributed by atoms with Crippen molar-refractivity contribution in [3.05, 3.63) is 59.4 Å². The number of carbonyl (C=O) groups is 2. The third kappa shape index (κ3) is 4.38. The van der Waals surface area contributed by atoms with Gasteiger partial charge in [-0.05, 0) is 17.7 Å². The minimum absolute atomic E-state index is 0.0247. The molecule has 2 aliphatic heterocycles. The Kier molecular flexibility index (Phi) is 5.76. The van der Waals surface area contributed by atoms with E-state index >= 15 is 4.39 Å². The van der Waals surface area contributed by atoms with Crippen molar-refractivity contribution in [2.75, 3.05) is 23.9 Å². The molecule has 0 radical (unpaired) electrons. The summed E-state index contributed by atoms with van der Waals surface area (Å²) in [6.07, 6.45) is 0. The van der Waals surface area contributed by atoms with Gasteiger partial charge in [-0.25, -0.2) is 13.4 Å². The van der Waals surface area contributed by atoms with E-state index in [2.05, 4.69) is 11.8 Å². The summed E-state index contributed by atoms with van der Waals surface area (Å²) >= 11 is 0. The number of ether oxygens (including phenoxy) is 1. The normalized spacial score (nSPS) is 17.2. The predicted molar refractivity (Wildman–Crippen MR) is 114 cm³/mol. The van der Waals surface area contributed by atoms with E-state index in [4.69, 9.17) is 4.74 Å². The van der Waals surface area contributed by atoms with Crippen molar-refractivity contribution >= 4 is 27.7 Å². The summed E-state index contributed by atoms with van der Waals surface area (Å²) in [5.74, 6) is 3.81. The van der Waals surface area contributed by atoms with Crippen LogP contribution >= 0.6 is 0 Å². The second-order valence-electron chi connectivity index (χ2n) is 7.48. The topological polar surface area (TPSA) is 96.0 Å². The molecular formula is C22H20FN3O5S. The Morgan fingerprint density at radius 2 is 1.94 bits per heavy atom. The molecule has 2 aliphatic rings. The van der Waals surface area contributed by atoms with Crippen molar-refractivity contribution < 1.29 is 27.1 Å². The molecule has 8 nitrogen and oxygen atoms in total. The van der Waals surface area contributed by atoms with Gasteiger partial charge in [0.05, 0.1) is 11.5 Å². The van der Waals surface area contributed by atoms with Crippen LogP contribution in [0, 0.1) is 23.6 Å². The summed E-state index contributed by atoms with van der Waals surface area (Å²) in [6.45, 7) is 1.92. The smallest absolute Gasteiger partial charge is 0.326 e.